The number of allylic oxidation sites excluding steroid dienone is 1. The van der Waals surface area contributed by atoms with Gasteiger partial charge in [-0.1, -0.05) is 73.3 Å². The maximum Gasteiger partial charge on any atom is -0.0231 e. The molecule has 0 bridgehead atoms. The molecular weight excluding hydrogens is 228 g/mol. The van der Waals surface area contributed by atoms with Crippen LogP contribution in [0.2, 0.25) is 0 Å². The van der Waals surface area contributed by atoms with Crippen LogP contribution in [0.4, 0.5) is 0 Å². The van der Waals surface area contributed by atoms with Crippen molar-refractivity contribution in [2.24, 2.45) is 0 Å². The standard InChI is InChI=1S/C10H12.C9H10/c1-4-10-7-5-6-8(2)9(10)3;1-8(2)9-6-4-3-5-7-9/h4-7H,1H2,2-3H3;3-7H,1H2,2H3. The molecule has 0 saturated carbocycles. The van der Waals surface area contributed by atoms with E-state index in [1.807, 2.05) is 31.2 Å². The zero-order valence-corrected chi connectivity index (χ0v) is 12.1. The maximum atomic E-state index is 3.83. The average molecular weight is 250 g/mol. The molecule has 0 aliphatic heterocycles. The highest BCUT2D eigenvalue weighted by Gasteiger charge is 1.93. The van der Waals surface area contributed by atoms with Crippen LogP contribution in [-0.2, 0) is 0 Å². The Balaban J connectivity index is 0.000000191. The van der Waals surface area contributed by atoms with E-state index in [0.717, 1.165) is 5.57 Å². The van der Waals surface area contributed by atoms with E-state index in [-0.39, 0.29) is 0 Å². The SMILES string of the molecule is C=C(C)c1ccccc1.C=Cc1cccc(C)c1C. The molecule has 0 amide bonds. The van der Waals surface area contributed by atoms with E-state index in [4.69, 9.17) is 0 Å². The molecule has 0 N–H and O–H groups in total. The molecule has 2 rings (SSSR count). The van der Waals surface area contributed by atoms with Crippen LogP contribution >= 0.6 is 0 Å². The first-order valence-corrected chi connectivity index (χ1v) is 6.46. The second kappa shape index (κ2) is 7.38. The summed E-state index contributed by atoms with van der Waals surface area (Å²) < 4.78 is 0. The summed E-state index contributed by atoms with van der Waals surface area (Å²) in [5.74, 6) is 0. The van der Waals surface area contributed by atoms with E-state index in [1.165, 1.54) is 22.3 Å². The summed E-state index contributed by atoms with van der Waals surface area (Å²) >= 11 is 0. The molecule has 0 heteroatoms. The Kier molecular flexibility index (Phi) is 5.81. The van der Waals surface area contributed by atoms with E-state index in [0.29, 0.717) is 0 Å². The highest BCUT2D eigenvalue weighted by molar-refractivity contribution is 5.60. The Hall–Kier alpha value is -2.08. The lowest BCUT2D eigenvalue weighted by atomic mass is 10.0. The predicted octanol–water partition coefficient (Wildman–Crippen LogP) is 5.67. The molecule has 0 radical (unpaired) electrons. The van der Waals surface area contributed by atoms with Crippen LogP contribution in [0.1, 0.15) is 29.2 Å². The molecule has 0 atom stereocenters. The van der Waals surface area contributed by atoms with Gasteiger partial charge >= 0.3 is 0 Å². The lowest BCUT2D eigenvalue weighted by Crippen LogP contribution is -1.83. The van der Waals surface area contributed by atoms with Crippen molar-refractivity contribution in [2.45, 2.75) is 20.8 Å². The molecule has 0 nitrogen and oxygen atoms in total. The zero-order chi connectivity index (χ0) is 14.3. The molecule has 0 fully saturated rings. The normalized spacial score (nSPS) is 9.21. The molecule has 19 heavy (non-hydrogen) atoms. The Bertz CT molecular complexity index is 548. The van der Waals surface area contributed by atoms with Crippen LogP contribution in [-0.4, -0.2) is 0 Å². The summed E-state index contributed by atoms with van der Waals surface area (Å²) in [7, 11) is 0. The van der Waals surface area contributed by atoms with E-state index < -0.39 is 0 Å². The van der Waals surface area contributed by atoms with Crippen molar-refractivity contribution in [3.8, 4) is 0 Å². The Morgan fingerprint density at radius 1 is 0.947 bits per heavy atom. The van der Waals surface area contributed by atoms with Crippen LogP contribution in [0.5, 0.6) is 0 Å². The van der Waals surface area contributed by atoms with Crippen molar-refractivity contribution in [1.82, 2.24) is 0 Å². The number of aryl methyl sites for hydroxylation is 1. The third kappa shape index (κ3) is 4.59. The van der Waals surface area contributed by atoms with Crippen molar-refractivity contribution in [3.63, 3.8) is 0 Å². The number of rotatable bonds is 2. The first-order chi connectivity index (χ1) is 9.06. The summed E-state index contributed by atoms with van der Waals surface area (Å²) in [4.78, 5) is 0. The minimum Gasteiger partial charge on any atom is -0.0985 e. The van der Waals surface area contributed by atoms with Gasteiger partial charge in [-0.3, -0.25) is 0 Å². The van der Waals surface area contributed by atoms with Crippen molar-refractivity contribution in [1.29, 1.82) is 0 Å². The predicted molar refractivity (Wildman–Crippen MR) is 87.2 cm³/mol. The minimum atomic E-state index is 1.12. The second-order valence-corrected chi connectivity index (χ2v) is 4.64. The monoisotopic (exact) mass is 250 g/mol. The highest BCUT2D eigenvalue weighted by atomic mass is 14.0. The van der Waals surface area contributed by atoms with E-state index in [2.05, 4.69) is 57.3 Å². The fourth-order valence-corrected chi connectivity index (χ4v) is 1.72. The van der Waals surface area contributed by atoms with Gasteiger partial charge in [0.05, 0.1) is 0 Å². The van der Waals surface area contributed by atoms with Crippen LogP contribution in [0, 0.1) is 13.8 Å². The molecule has 0 unspecified atom stereocenters. The fourth-order valence-electron chi connectivity index (χ4n) is 1.72. The van der Waals surface area contributed by atoms with Crippen molar-refractivity contribution < 1.29 is 0 Å². The van der Waals surface area contributed by atoms with Gasteiger partial charge in [-0.25, -0.2) is 0 Å². The first kappa shape index (κ1) is 15.0. The lowest BCUT2D eigenvalue weighted by molar-refractivity contribution is 1.33. The number of hydrogen-bond donors (Lipinski definition) is 0. The van der Waals surface area contributed by atoms with Gasteiger partial charge in [0, 0.05) is 0 Å². The van der Waals surface area contributed by atoms with Crippen molar-refractivity contribution in [3.05, 3.63) is 83.9 Å². The van der Waals surface area contributed by atoms with Crippen molar-refractivity contribution in [2.75, 3.05) is 0 Å². The largest absolute Gasteiger partial charge is 0.0985 e. The third-order valence-corrected chi connectivity index (χ3v) is 3.13. The molecule has 0 heterocycles. The van der Waals surface area contributed by atoms with Crippen LogP contribution in [0.15, 0.2) is 61.7 Å². The van der Waals surface area contributed by atoms with Gasteiger partial charge in [-0.05, 0) is 43.0 Å². The molecule has 2 aromatic rings. The van der Waals surface area contributed by atoms with E-state index >= 15 is 0 Å². The smallest absolute Gasteiger partial charge is 0.0231 e. The minimum absolute atomic E-state index is 1.12. The number of hydrogen-bond acceptors (Lipinski definition) is 0. The average Bonchev–Trinajstić information content (AvgIpc) is 2.43. The maximum absolute atomic E-state index is 3.83. The molecule has 2 aromatic carbocycles. The summed E-state index contributed by atoms with van der Waals surface area (Å²) in [5.41, 5.74) is 6.24. The van der Waals surface area contributed by atoms with Gasteiger partial charge in [-0.2, -0.15) is 0 Å². The molecule has 98 valence electrons. The van der Waals surface area contributed by atoms with Gasteiger partial charge in [0.2, 0.25) is 0 Å². The Morgan fingerprint density at radius 3 is 2.00 bits per heavy atom. The van der Waals surface area contributed by atoms with Crippen LogP contribution in [0.25, 0.3) is 11.6 Å². The van der Waals surface area contributed by atoms with Crippen LogP contribution in [0.3, 0.4) is 0 Å². The summed E-state index contributed by atoms with van der Waals surface area (Å²) in [6.07, 6.45) is 1.89. The molecular formula is C19H22. The van der Waals surface area contributed by atoms with E-state index in [1.54, 1.807) is 0 Å². The second-order valence-electron chi connectivity index (χ2n) is 4.64. The van der Waals surface area contributed by atoms with Gasteiger partial charge < -0.3 is 0 Å². The van der Waals surface area contributed by atoms with Gasteiger partial charge in [0.15, 0.2) is 0 Å². The van der Waals surface area contributed by atoms with Crippen LogP contribution < -0.4 is 0 Å². The zero-order valence-electron chi connectivity index (χ0n) is 12.1. The fraction of sp³-hybridized carbons (Fsp3) is 0.158. The van der Waals surface area contributed by atoms with E-state index in [9.17, 15) is 0 Å². The molecule has 0 saturated heterocycles. The van der Waals surface area contributed by atoms with Gasteiger partial charge in [0.25, 0.3) is 0 Å². The topological polar surface area (TPSA) is 0 Å². The number of benzene rings is 2. The molecule has 0 spiro atoms. The first-order valence-electron chi connectivity index (χ1n) is 6.46. The van der Waals surface area contributed by atoms with Gasteiger partial charge in [0.1, 0.15) is 0 Å². The Morgan fingerprint density at radius 2 is 1.58 bits per heavy atom. The Labute approximate surface area is 117 Å². The molecule has 0 aromatic heterocycles. The molecule has 0 aliphatic carbocycles. The lowest BCUT2D eigenvalue weighted by Gasteiger charge is -2.01. The quantitative estimate of drug-likeness (QED) is 0.644. The van der Waals surface area contributed by atoms with Crippen molar-refractivity contribution >= 4 is 11.6 Å². The molecule has 0 aliphatic rings. The summed E-state index contributed by atoms with van der Waals surface area (Å²) in [6.45, 7) is 13.8. The third-order valence-electron chi connectivity index (χ3n) is 3.13. The summed E-state index contributed by atoms with van der Waals surface area (Å²) in [6, 6.07) is 16.4. The van der Waals surface area contributed by atoms with Gasteiger partial charge in [-0.15, -0.1) is 0 Å². The highest BCUT2D eigenvalue weighted by Crippen LogP contribution is 2.12. The summed E-state index contributed by atoms with van der Waals surface area (Å²) in [5, 5.41) is 0.